The molecule has 0 radical (unpaired) electrons. The van der Waals surface area contributed by atoms with E-state index in [1.54, 1.807) is 35.1 Å². The van der Waals surface area contributed by atoms with E-state index in [0.717, 1.165) is 46.0 Å². The first-order valence-electron chi connectivity index (χ1n) is 15.4. The van der Waals surface area contributed by atoms with Gasteiger partial charge < -0.3 is 19.3 Å². The lowest BCUT2D eigenvalue weighted by atomic mass is 9.82. The highest BCUT2D eigenvalue weighted by atomic mass is 16.5. The van der Waals surface area contributed by atoms with E-state index in [2.05, 4.69) is 21.9 Å². The number of ether oxygens (including phenoxy) is 1. The lowest BCUT2D eigenvalue weighted by Crippen LogP contribution is -2.52. The number of aryl methyl sites for hydroxylation is 1. The molecule has 1 saturated carbocycles. The van der Waals surface area contributed by atoms with Crippen molar-refractivity contribution in [2.75, 3.05) is 13.1 Å². The predicted molar refractivity (Wildman–Crippen MR) is 169 cm³/mol. The van der Waals surface area contributed by atoms with Gasteiger partial charge in [0.05, 0.1) is 23.7 Å². The van der Waals surface area contributed by atoms with Gasteiger partial charge in [-0.25, -0.2) is 4.79 Å². The van der Waals surface area contributed by atoms with Crippen LogP contribution < -0.4 is 4.74 Å². The van der Waals surface area contributed by atoms with Gasteiger partial charge in [-0.1, -0.05) is 18.2 Å². The summed E-state index contributed by atoms with van der Waals surface area (Å²) in [6.07, 6.45) is 9.45. The van der Waals surface area contributed by atoms with Crippen molar-refractivity contribution in [3.63, 3.8) is 0 Å². The van der Waals surface area contributed by atoms with Crippen molar-refractivity contribution in [2.24, 2.45) is 7.05 Å². The number of piperidine rings is 1. The van der Waals surface area contributed by atoms with Crippen LogP contribution in [0.1, 0.15) is 69.2 Å². The molecule has 9 nitrogen and oxygen atoms in total. The van der Waals surface area contributed by atoms with E-state index in [4.69, 9.17) is 4.74 Å². The summed E-state index contributed by atoms with van der Waals surface area (Å²) in [5.74, 6) is -0.363. The van der Waals surface area contributed by atoms with Crippen molar-refractivity contribution in [3.8, 4) is 28.0 Å². The number of aromatic carboxylic acids is 1. The van der Waals surface area contributed by atoms with Crippen LogP contribution in [0, 0.1) is 0 Å². The Kier molecular flexibility index (Phi) is 6.20. The Morgan fingerprint density at radius 3 is 2.36 bits per heavy atom. The smallest absolute Gasteiger partial charge is 0.335 e. The maximum Gasteiger partial charge on any atom is 0.335 e. The fourth-order valence-electron chi connectivity index (χ4n) is 6.91. The molecule has 2 aliphatic heterocycles. The second-order valence-corrected chi connectivity index (χ2v) is 12.6. The van der Waals surface area contributed by atoms with Gasteiger partial charge in [-0.05, 0) is 72.0 Å². The van der Waals surface area contributed by atoms with Crippen molar-refractivity contribution in [2.45, 2.75) is 43.7 Å². The highest BCUT2D eigenvalue weighted by Gasteiger charge is 2.44. The molecule has 4 heterocycles. The average molecular weight is 601 g/mol. The Balaban J connectivity index is 1.05. The lowest BCUT2D eigenvalue weighted by molar-refractivity contribution is -0.00571. The molecule has 1 aliphatic carbocycles. The molecule has 2 fully saturated rings. The minimum atomic E-state index is -0.972. The number of hydrogen-bond donors (Lipinski definition) is 1. The van der Waals surface area contributed by atoms with Crippen LogP contribution in [0.4, 0.5) is 0 Å². The average Bonchev–Trinajstić information content (AvgIpc) is 3.65. The Hall–Kier alpha value is -5.18. The maximum absolute atomic E-state index is 14.0. The molecule has 1 N–H and O–H groups in total. The molecule has 1 spiro atoms. The van der Waals surface area contributed by atoms with Crippen LogP contribution in [-0.4, -0.2) is 60.7 Å². The second-order valence-electron chi connectivity index (χ2n) is 12.6. The van der Waals surface area contributed by atoms with Crippen LogP contribution in [0.5, 0.6) is 5.75 Å². The number of rotatable bonds is 5. The topological polar surface area (TPSA) is 107 Å². The molecule has 5 aromatic rings. The SMILES string of the molecule is Cn1cc(-c2ccc3c(c2)C(=O)CC2(CCN(C(=O)c4cc(-c5ccc(C(=O)O)cc5)c5ccn(C6CC6)c5c4)CC2)O3)cn1. The molecule has 2 aromatic heterocycles. The number of likely N-dealkylation sites (tertiary alicyclic amines) is 1. The van der Waals surface area contributed by atoms with Crippen LogP contribution in [0.15, 0.2) is 79.3 Å². The summed E-state index contributed by atoms with van der Waals surface area (Å²) in [7, 11) is 1.86. The summed E-state index contributed by atoms with van der Waals surface area (Å²) < 4.78 is 10.5. The normalized spacial score (nSPS) is 17.4. The molecule has 226 valence electrons. The predicted octanol–water partition coefficient (Wildman–Crippen LogP) is 6.38. The number of aromatic nitrogens is 3. The standard InChI is InChI=1S/C36H32N4O5/c1-38-21-26(20-37-38)24-6-9-33-30(16-24)32(41)19-36(45-33)11-14-39(15-12-36)34(42)25-17-29(22-2-4-23(5-3-22)35(43)44)28-10-13-40(27-7-8-27)31(28)18-25/h2-6,9-10,13,16-18,20-21,27H,7-8,11-12,14-15,19H2,1H3,(H,43,44). The van der Waals surface area contributed by atoms with E-state index >= 15 is 0 Å². The summed E-state index contributed by atoms with van der Waals surface area (Å²) in [5.41, 5.74) is 5.45. The summed E-state index contributed by atoms with van der Waals surface area (Å²) in [4.78, 5) is 40.7. The van der Waals surface area contributed by atoms with Crippen molar-refractivity contribution >= 4 is 28.6 Å². The Morgan fingerprint density at radius 2 is 1.67 bits per heavy atom. The van der Waals surface area contributed by atoms with Crippen LogP contribution in [0.25, 0.3) is 33.2 Å². The fraction of sp³-hybridized carbons (Fsp3) is 0.278. The molecular formula is C36H32N4O5. The number of carboxylic acids is 1. The number of carbonyl (C=O) groups is 3. The maximum atomic E-state index is 14.0. The zero-order valence-electron chi connectivity index (χ0n) is 24.9. The summed E-state index contributed by atoms with van der Waals surface area (Å²) >= 11 is 0. The molecule has 0 unspecified atom stereocenters. The first-order valence-corrected chi connectivity index (χ1v) is 15.4. The van der Waals surface area contributed by atoms with Crippen molar-refractivity contribution in [3.05, 3.63) is 95.9 Å². The van der Waals surface area contributed by atoms with E-state index in [1.807, 2.05) is 48.5 Å². The van der Waals surface area contributed by atoms with Crippen molar-refractivity contribution in [1.29, 1.82) is 0 Å². The molecule has 3 aromatic carbocycles. The third kappa shape index (κ3) is 4.79. The highest BCUT2D eigenvalue weighted by Crippen LogP contribution is 2.43. The number of carbonyl (C=O) groups excluding carboxylic acids is 2. The van der Waals surface area contributed by atoms with Crippen molar-refractivity contribution in [1.82, 2.24) is 19.2 Å². The number of nitrogens with zero attached hydrogens (tertiary/aromatic N) is 4. The largest absolute Gasteiger partial charge is 0.486 e. The van der Waals surface area contributed by atoms with Gasteiger partial charge in [-0.3, -0.25) is 14.3 Å². The zero-order chi connectivity index (χ0) is 30.9. The lowest BCUT2D eigenvalue weighted by Gasteiger charge is -2.44. The summed E-state index contributed by atoms with van der Waals surface area (Å²) in [6, 6.07) is 19.0. The molecule has 9 heteroatoms. The first-order chi connectivity index (χ1) is 21.8. The number of fused-ring (bicyclic) bond motifs is 2. The quantitative estimate of drug-likeness (QED) is 0.251. The Morgan fingerprint density at radius 1 is 0.911 bits per heavy atom. The van der Waals surface area contributed by atoms with E-state index in [1.165, 1.54) is 0 Å². The molecule has 0 bridgehead atoms. The number of benzene rings is 3. The first kappa shape index (κ1) is 27.4. The molecule has 3 aliphatic rings. The van der Waals surface area contributed by atoms with Gasteiger partial charge in [0.15, 0.2) is 5.78 Å². The van der Waals surface area contributed by atoms with Gasteiger partial charge in [0, 0.05) is 73.4 Å². The van der Waals surface area contributed by atoms with Crippen LogP contribution >= 0.6 is 0 Å². The van der Waals surface area contributed by atoms with Gasteiger partial charge >= 0.3 is 5.97 Å². The molecule has 1 amide bonds. The number of ketones is 1. The number of amides is 1. The minimum absolute atomic E-state index is 0.0534. The van der Waals surface area contributed by atoms with E-state index < -0.39 is 11.6 Å². The zero-order valence-corrected chi connectivity index (χ0v) is 24.9. The second kappa shape index (κ2) is 10.2. The summed E-state index contributed by atoms with van der Waals surface area (Å²) in [6.45, 7) is 0.971. The van der Waals surface area contributed by atoms with Gasteiger partial charge in [-0.15, -0.1) is 0 Å². The number of hydrogen-bond acceptors (Lipinski definition) is 5. The van der Waals surface area contributed by atoms with Gasteiger partial charge in [0.25, 0.3) is 5.91 Å². The summed E-state index contributed by atoms with van der Waals surface area (Å²) in [5, 5.41) is 14.7. The van der Waals surface area contributed by atoms with Crippen LogP contribution in [-0.2, 0) is 7.05 Å². The third-order valence-electron chi connectivity index (χ3n) is 9.56. The van der Waals surface area contributed by atoms with Crippen molar-refractivity contribution < 1.29 is 24.2 Å². The Bertz CT molecular complexity index is 2010. The number of Topliss-reactive ketones (excluding diaryl/α,β-unsaturated/α-hetero) is 1. The van der Waals surface area contributed by atoms with E-state index in [-0.39, 0.29) is 23.7 Å². The molecule has 45 heavy (non-hydrogen) atoms. The van der Waals surface area contributed by atoms with Crippen LogP contribution in [0.2, 0.25) is 0 Å². The highest BCUT2D eigenvalue weighted by molar-refractivity contribution is 6.05. The number of carboxylic acid groups (broad SMARTS) is 1. The fourth-order valence-corrected chi connectivity index (χ4v) is 6.91. The van der Waals surface area contributed by atoms with Gasteiger partial charge in [0.1, 0.15) is 11.4 Å². The van der Waals surface area contributed by atoms with E-state index in [9.17, 15) is 19.5 Å². The molecule has 1 saturated heterocycles. The molecule has 8 rings (SSSR count). The Labute approximate surface area is 259 Å². The monoisotopic (exact) mass is 600 g/mol. The minimum Gasteiger partial charge on any atom is -0.486 e. The molecular weight excluding hydrogens is 568 g/mol. The third-order valence-corrected chi connectivity index (χ3v) is 9.56. The van der Waals surface area contributed by atoms with Gasteiger partial charge in [-0.2, -0.15) is 5.10 Å². The molecule has 0 atom stereocenters. The van der Waals surface area contributed by atoms with E-state index in [0.29, 0.717) is 48.8 Å². The van der Waals surface area contributed by atoms with Crippen LogP contribution in [0.3, 0.4) is 0 Å². The van der Waals surface area contributed by atoms with Gasteiger partial charge in [0.2, 0.25) is 0 Å².